The Morgan fingerprint density at radius 1 is 0.957 bits per heavy atom. The molecule has 0 unspecified atom stereocenters. The monoisotopic (exact) mass is 323 g/mol. The Bertz CT molecular complexity index is 808. The number of aromatic nitrogens is 2. The predicted molar refractivity (Wildman–Crippen MR) is 90.1 cm³/mol. The first-order chi connectivity index (χ1) is 11.2. The summed E-state index contributed by atoms with van der Waals surface area (Å²) in [7, 11) is 0. The minimum absolute atomic E-state index is 0.0480. The highest BCUT2D eigenvalue weighted by atomic mass is 32.2. The largest absolute Gasteiger partial charge is 0.270 e. The van der Waals surface area contributed by atoms with Crippen LogP contribution in [0.3, 0.4) is 0 Å². The van der Waals surface area contributed by atoms with Gasteiger partial charge in [0.2, 0.25) is 0 Å². The fourth-order valence-corrected chi connectivity index (χ4v) is 2.83. The first kappa shape index (κ1) is 15.2. The zero-order valence-corrected chi connectivity index (χ0v) is 12.9. The number of nitro groups is 1. The van der Waals surface area contributed by atoms with Crippen LogP contribution in [0.2, 0.25) is 0 Å². The molecule has 0 aliphatic heterocycles. The van der Waals surface area contributed by atoms with Crippen molar-refractivity contribution in [2.45, 2.75) is 10.8 Å². The van der Waals surface area contributed by atoms with Crippen molar-refractivity contribution in [3.05, 3.63) is 82.4 Å². The molecule has 0 N–H and O–H groups in total. The summed E-state index contributed by atoms with van der Waals surface area (Å²) in [5, 5.41) is 20.0. The molecule has 0 aliphatic carbocycles. The minimum atomic E-state index is -0.416. The molecule has 0 amide bonds. The van der Waals surface area contributed by atoms with Crippen molar-refractivity contribution in [3.8, 4) is 11.3 Å². The summed E-state index contributed by atoms with van der Waals surface area (Å²) in [4.78, 5) is 10.4. The fraction of sp³-hybridized carbons (Fsp3) is 0.0588. The third-order valence-electron chi connectivity index (χ3n) is 3.22. The zero-order valence-electron chi connectivity index (χ0n) is 12.1. The van der Waals surface area contributed by atoms with Crippen LogP contribution in [0.25, 0.3) is 11.3 Å². The second-order valence-corrected chi connectivity index (χ2v) is 5.83. The van der Waals surface area contributed by atoms with Gasteiger partial charge in [-0.05, 0) is 17.7 Å². The standard InChI is InChI=1S/C17H13N3O2S/c21-20(22)15-8-4-7-14(11-15)16-9-10-17(19-18-16)23-12-13-5-2-1-3-6-13/h1-11H,12H2. The van der Waals surface area contributed by atoms with E-state index in [2.05, 4.69) is 22.3 Å². The lowest BCUT2D eigenvalue weighted by Gasteiger charge is -2.03. The number of nitro benzene ring substituents is 1. The van der Waals surface area contributed by atoms with E-state index in [0.29, 0.717) is 11.3 Å². The molecule has 0 fully saturated rings. The van der Waals surface area contributed by atoms with Crippen molar-refractivity contribution in [1.82, 2.24) is 10.2 Å². The SMILES string of the molecule is O=[N+]([O-])c1cccc(-c2ccc(SCc3ccccc3)nn2)c1. The predicted octanol–water partition coefficient (Wildman–Crippen LogP) is 4.34. The van der Waals surface area contributed by atoms with Crippen LogP contribution >= 0.6 is 11.8 Å². The molecule has 0 radical (unpaired) electrons. The molecular weight excluding hydrogens is 310 g/mol. The van der Waals surface area contributed by atoms with Crippen molar-refractivity contribution in [3.63, 3.8) is 0 Å². The first-order valence-electron chi connectivity index (χ1n) is 6.98. The highest BCUT2D eigenvalue weighted by molar-refractivity contribution is 7.98. The van der Waals surface area contributed by atoms with E-state index in [1.165, 1.54) is 17.7 Å². The maximum Gasteiger partial charge on any atom is 0.270 e. The van der Waals surface area contributed by atoms with E-state index < -0.39 is 4.92 Å². The molecule has 3 rings (SSSR count). The highest BCUT2D eigenvalue weighted by Crippen LogP contribution is 2.24. The molecule has 0 saturated carbocycles. The van der Waals surface area contributed by atoms with E-state index >= 15 is 0 Å². The Morgan fingerprint density at radius 2 is 1.78 bits per heavy atom. The van der Waals surface area contributed by atoms with Crippen molar-refractivity contribution in [2.24, 2.45) is 0 Å². The Morgan fingerprint density at radius 3 is 2.48 bits per heavy atom. The summed E-state index contributed by atoms with van der Waals surface area (Å²) >= 11 is 1.60. The lowest BCUT2D eigenvalue weighted by Crippen LogP contribution is -1.92. The van der Waals surface area contributed by atoms with Crippen molar-refractivity contribution < 1.29 is 4.92 Å². The molecule has 1 aromatic heterocycles. The molecule has 1 heterocycles. The van der Waals surface area contributed by atoms with Gasteiger partial charge in [-0.15, -0.1) is 10.2 Å². The molecule has 5 nitrogen and oxygen atoms in total. The van der Waals surface area contributed by atoms with Gasteiger partial charge >= 0.3 is 0 Å². The average Bonchev–Trinajstić information content (AvgIpc) is 2.61. The minimum Gasteiger partial charge on any atom is -0.258 e. The van der Waals surface area contributed by atoms with Crippen molar-refractivity contribution in [2.75, 3.05) is 0 Å². The quantitative estimate of drug-likeness (QED) is 0.397. The van der Waals surface area contributed by atoms with Crippen LogP contribution in [-0.4, -0.2) is 15.1 Å². The Hall–Kier alpha value is -2.73. The molecule has 6 heteroatoms. The second kappa shape index (κ2) is 7.02. The third kappa shape index (κ3) is 3.92. The van der Waals surface area contributed by atoms with Gasteiger partial charge in [0.1, 0.15) is 5.03 Å². The summed E-state index contributed by atoms with van der Waals surface area (Å²) in [5.74, 6) is 0.825. The summed E-state index contributed by atoms with van der Waals surface area (Å²) in [6, 6.07) is 20.2. The molecule has 114 valence electrons. The van der Waals surface area contributed by atoms with Gasteiger partial charge < -0.3 is 0 Å². The Labute approximate surface area is 137 Å². The molecule has 2 aromatic carbocycles. The second-order valence-electron chi connectivity index (χ2n) is 4.84. The smallest absolute Gasteiger partial charge is 0.258 e. The van der Waals surface area contributed by atoms with Crippen LogP contribution in [0.1, 0.15) is 5.56 Å². The van der Waals surface area contributed by atoms with Gasteiger partial charge in [0, 0.05) is 23.4 Å². The van der Waals surface area contributed by atoms with E-state index in [1.54, 1.807) is 23.9 Å². The highest BCUT2D eigenvalue weighted by Gasteiger charge is 2.08. The van der Waals surface area contributed by atoms with Gasteiger partial charge in [-0.1, -0.05) is 54.2 Å². The normalized spacial score (nSPS) is 10.4. The number of benzene rings is 2. The first-order valence-corrected chi connectivity index (χ1v) is 7.96. The van der Waals surface area contributed by atoms with Gasteiger partial charge in [0.25, 0.3) is 5.69 Å². The van der Waals surface area contributed by atoms with Gasteiger partial charge in [-0.2, -0.15) is 0 Å². The van der Waals surface area contributed by atoms with E-state index in [0.717, 1.165) is 10.8 Å². The van der Waals surface area contributed by atoms with Crippen LogP contribution < -0.4 is 0 Å². The van der Waals surface area contributed by atoms with E-state index in [1.807, 2.05) is 30.3 Å². The molecule has 0 bridgehead atoms. The van der Waals surface area contributed by atoms with Crippen LogP contribution in [0, 0.1) is 10.1 Å². The van der Waals surface area contributed by atoms with Gasteiger partial charge in [-0.3, -0.25) is 10.1 Å². The lowest BCUT2D eigenvalue weighted by atomic mass is 10.1. The maximum absolute atomic E-state index is 10.8. The molecule has 0 saturated heterocycles. The van der Waals surface area contributed by atoms with Crippen LogP contribution in [0.15, 0.2) is 71.8 Å². The van der Waals surface area contributed by atoms with Crippen LogP contribution in [0.5, 0.6) is 0 Å². The third-order valence-corrected chi connectivity index (χ3v) is 4.21. The average molecular weight is 323 g/mol. The number of thioether (sulfide) groups is 1. The van der Waals surface area contributed by atoms with Gasteiger partial charge in [-0.25, -0.2) is 0 Å². The van der Waals surface area contributed by atoms with Gasteiger partial charge in [0.15, 0.2) is 0 Å². The number of rotatable bonds is 5. The fourth-order valence-electron chi connectivity index (χ4n) is 2.06. The molecular formula is C17H13N3O2S. The number of hydrogen-bond donors (Lipinski definition) is 0. The maximum atomic E-state index is 10.8. The number of hydrogen-bond acceptors (Lipinski definition) is 5. The zero-order chi connectivity index (χ0) is 16.1. The summed E-state index contributed by atoms with van der Waals surface area (Å²) in [5.41, 5.74) is 2.58. The van der Waals surface area contributed by atoms with Crippen molar-refractivity contribution >= 4 is 17.4 Å². The van der Waals surface area contributed by atoms with E-state index in [4.69, 9.17) is 0 Å². The van der Waals surface area contributed by atoms with E-state index in [-0.39, 0.29) is 5.69 Å². The Balaban J connectivity index is 1.72. The topological polar surface area (TPSA) is 68.9 Å². The molecule has 23 heavy (non-hydrogen) atoms. The number of nitrogens with zero attached hydrogens (tertiary/aromatic N) is 3. The van der Waals surface area contributed by atoms with Crippen molar-refractivity contribution in [1.29, 1.82) is 0 Å². The van der Waals surface area contributed by atoms with Crippen LogP contribution in [-0.2, 0) is 5.75 Å². The molecule has 3 aromatic rings. The van der Waals surface area contributed by atoms with E-state index in [9.17, 15) is 10.1 Å². The van der Waals surface area contributed by atoms with Gasteiger partial charge in [0.05, 0.1) is 10.6 Å². The summed E-state index contributed by atoms with van der Waals surface area (Å²) in [6.07, 6.45) is 0. The lowest BCUT2D eigenvalue weighted by molar-refractivity contribution is -0.384. The molecule has 0 spiro atoms. The van der Waals surface area contributed by atoms with Crippen LogP contribution in [0.4, 0.5) is 5.69 Å². The summed E-state index contributed by atoms with van der Waals surface area (Å²) < 4.78 is 0. The molecule has 0 atom stereocenters. The summed E-state index contributed by atoms with van der Waals surface area (Å²) in [6.45, 7) is 0. The molecule has 0 aliphatic rings. The number of non-ortho nitro benzene ring substituents is 1. The Kier molecular flexibility index (Phi) is 4.63.